The van der Waals surface area contributed by atoms with Crippen molar-refractivity contribution in [3.05, 3.63) is 47.5 Å². The zero-order valence-corrected chi connectivity index (χ0v) is 16.9. The van der Waals surface area contributed by atoms with E-state index in [2.05, 4.69) is 26.4 Å². The van der Waals surface area contributed by atoms with Gasteiger partial charge in [-0.25, -0.2) is 0 Å². The molecule has 0 bridgehead atoms. The van der Waals surface area contributed by atoms with Crippen molar-refractivity contribution in [1.82, 2.24) is 25.0 Å². The summed E-state index contributed by atoms with van der Waals surface area (Å²) >= 11 is 0. The van der Waals surface area contributed by atoms with Gasteiger partial charge in [0.05, 0.1) is 24.5 Å². The van der Waals surface area contributed by atoms with E-state index in [-0.39, 0.29) is 11.9 Å². The van der Waals surface area contributed by atoms with Crippen molar-refractivity contribution in [3.63, 3.8) is 0 Å². The number of carbonyl (C=O) groups excluding carboxylic acids is 1. The maximum atomic E-state index is 12.9. The van der Waals surface area contributed by atoms with Gasteiger partial charge in [-0.2, -0.15) is 5.10 Å². The van der Waals surface area contributed by atoms with Gasteiger partial charge in [0.1, 0.15) is 5.69 Å². The molecule has 1 amide bonds. The van der Waals surface area contributed by atoms with Crippen LogP contribution in [0.1, 0.15) is 48.1 Å². The highest BCUT2D eigenvalue weighted by Gasteiger charge is 2.22. The van der Waals surface area contributed by atoms with Gasteiger partial charge < -0.3 is 10.1 Å². The summed E-state index contributed by atoms with van der Waals surface area (Å²) in [5.74, 6) is -0.0539. The summed E-state index contributed by atoms with van der Waals surface area (Å²) in [6, 6.07) is 7.99. The van der Waals surface area contributed by atoms with E-state index in [1.165, 1.54) is 0 Å². The summed E-state index contributed by atoms with van der Waals surface area (Å²) in [6.45, 7) is 8.37. The molecule has 1 aliphatic rings. The lowest BCUT2D eigenvalue weighted by molar-refractivity contribution is 0.0907. The van der Waals surface area contributed by atoms with E-state index >= 15 is 0 Å². The van der Waals surface area contributed by atoms with E-state index in [0.29, 0.717) is 25.5 Å². The molecule has 2 aromatic rings. The summed E-state index contributed by atoms with van der Waals surface area (Å²) in [5, 5.41) is 7.68. The Labute approximate surface area is 167 Å². The second kappa shape index (κ2) is 10.3. The fraction of sp³-hybridized carbons (Fsp3) is 0.571. The minimum atomic E-state index is -0.0539. The van der Waals surface area contributed by atoms with E-state index < -0.39 is 0 Å². The minimum Gasteiger partial charge on any atom is -0.380 e. The van der Waals surface area contributed by atoms with Crippen molar-refractivity contribution in [3.8, 4) is 0 Å². The Bertz CT molecular complexity index is 747. The summed E-state index contributed by atoms with van der Waals surface area (Å²) in [7, 11) is 0. The molecule has 152 valence electrons. The van der Waals surface area contributed by atoms with Crippen LogP contribution in [0.15, 0.2) is 30.5 Å². The van der Waals surface area contributed by atoms with Crippen molar-refractivity contribution >= 4 is 5.91 Å². The standard InChI is InChI=1S/C21H31N5O2/c1-3-28-13-12-26-20(14-17(2)24-26)21(27)23-19-9-5-7-11-25(16-19)15-18-8-4-6-10-22-18/h4,6,8,10,14,19H,3,5,7,9,11-13,15-16H2,1-2H3,(H,23,27). The maximum absolute atomic E-state index is 12.9. The Balaban J connectivity index is 1.61. The average Bonchev–Trinajstić information content (AvgIpc) is 2.92. The highest BCUT2D eigenvalue weighted by Crippen LogP contribution is 2.14. The van der Waals surface area contributed by atoms with Crippen LogP contribution in [0.25, 0.3) is 0 Å². The molecule has 1 unspecified atom stereocenters. The zero-order valence-electron chi connectivity index (χ0n) is 16.9. The molecule has 1 atom stereocenters. The second-order valence-corrected chi connectivity index (χ2v) is 7.31. The number of nitrogens with one attached hydrogen (secondary N) is 1. The zero-order chi connectivity index (χ0) is 19.8. The lowest BCUT2D eigenvalue weighted by atomic mass is 10.1. The van der Waals surface area contributed by atoms with Crippen molar-refractivity contribution < 1.29 is 9.53 Å². The van der Waals surface area contributed by atoms with E-state index in [4.69, 9.17) is 4.74 Å². The number of hydrogen-bond acceptors (Lipinski definition) is 5. The van der Waals surface area contributed by atoms with E-state index in [9.17, 15) is 4.79 Å². The number of aryl methyl sites for hydroxylation is 1. The number of rotatable bonds is 8. The number of amides is 1. The predicted molar refractivity (Wildman–Crippen MR) is 108 cm³/mol. The number of nitrogens with zero attached hydrogens (tertiary/aromatic N) is 4. The molecule has 1 fully saturated rings. The van der Waals surface area contributed by atoms with Gasteiger partial charge in [0.25, 0.3) is 5.91 Å². The Morgan fingerprint density at radius 3 is 3.04 bits per heavy atom. The third kappa shape index (κ3) is 5.87. The molecule has 1 aliphatic heterocycles. The number of hydrogen-bond donors (Lipinski definition) is 1. The largest absolute Gasteiger partial charge is 0.380 e. The molecule has 0 aromatic carbocycles. The molecule has 0 saturated carbocycles. The van der Waals surface area contributed by atoms with Crippen molar-refractivity contribution in [1.29, 1.82) is 0 Å². The molecule has 7 heteroatoms. The Morgan fingerprint density at radius 2 is 2.25 bits per heavy atom. The quantitative estimate of drug-likeness (QED) is 0.707. The van der Waals surface area contributed by atoms with Crippen molar-refractivity contribution in [2.24, 2.45) is 0 Å². The summed E-state index contributed by atoms with van der Waals surface area (Å²) in [6.07, 6.45) is 5.09. The van der Waals surface area contributed by atoms with Crippen LogP contribution in [0.4, 0.5) is 0 Å². The van der Waals surface area contributed by atoms with Gasteiger partial charge in [-0.1, -0.05) is 12.5 Å². The van der Waals surface area contributed by atoms with Gasteiger partial charge in [0, 0.05) is 31.9 Å². The Morgan fingerprint density at radius 1 is 1.36 bits per heavy atom. The van der Waals surface area contributed by atoms with Crippen LogP contribution >= 0.6 is 0 Å². The topological polar surface area (TPSA) is 72.3 Å². The van der Waals surface area contributed by atoms with Gasteiger partial charge in [-0.15, -0.1) is 0 Å². The first-order chi connectivity index (χ1) is 13.7. The van der Waals surface area contributed by atoms with Gasteiger partial charge in [0.15, 0.2) is 0 Å². The first kappa shape index (κ1) is 20.5. The predicted octanol–water partition coefficient (Wildman–Crippen LogP) is 2.41. The summed E-state index contributed by atoms with van der Waals surface area (Å²) < 4.78 is 7.17. The number of ether oxygens (including phenoxy) is 1. The van der Waals surface area contributed by atoms with Gasteiger partial charge in [0.2, 0.25) is 0 Å². The fourth-order valence-electron chi connectivity index (χ4n) is 3.66. The van der Waals surface area contributed by atoms with Crippen molar-refractivity contribution in [2.75, 3.05) is 26.3 Å². The lowest BCUT2D eigenvalue weighted by Crippen LogP contribution is -2.43. The molecule has 0 spiro atoms. The van der Waals surface area contributed by atoms with Crippen molar-refractivity contribution in [2.45, 2.75) is 52.2 Å². The van der Waals surface area contributed by atoms with Crippen LogP contribution in [0.3, 0.4) is 0 Å². The lowest BCUT2D eigenvalue weighted by Gasteiger charge is -2.24. The first-order valence-corrected chi connectivity index (χ1v) is 10.2. The van der Waals surface area contributed by atoms with E-state index in [1.54, 1.807) is 4.68 Å². The van der Waals surface area contributed by atoms with Crippen LogP contribution in [-0.2, 0) is 17.8 Å². The number of aromatic nitrogens is 3. The molecule has 0 radical (unpaired) electrons. The number of pyridine rings is 1. The molecule has 1 N–H and O–H groups in total. The van der Waals surface area contributed by atoms with Crippen LogP contribution < -0.4 is 5.32 Å². The number of likely N-dealkylation sites (tertiary alicyclic amines) is 1. The third-order valence-corrected chi connectivity index (χ3v) is 4.99. The summed E-state index contributed by atoms with van der Waals surface area (Å²) in [5.41, 5.74) is 2.52. The molecule has 0 aliphatic carbocycles. The first-order valence-electron chi connectivity index (χ1n) is 10.2. The highest BCUT2D eigenvalue weighted by molar-refractivity contribution is 5.92. The summed E-state index contributed by atoms with van der Waals surface area (Å²) in [4.78, 5) is 19.7. The molecule has 28 heavy (non-hydrogen) atoms. The maximum Gasteiger partial charge on any atom is 0.269 e. The molecule has 1 saturated heterocycles. The molecular formula is C21H31N5O2. The van der Waals surface area contributed by atoms with Crippen LogP contribution in [0, 0.1) is 6.92 Å². The monoisotopic (exact) mass is 385 g/mol. The van der Waals surface area contributed by atoms with Crippen LogP contribution in [-0.4, -0.2) is 57.9 Å². The highest BCUT2D eigenvalue weighted by atomic mass is 16.5. The second-order valence-electron chi connectivity index (χ2n) is 7.31. The van der Waals surface area contributed by atoms with Crippen LogP contribution in [0.5, 0.6) is 0 Å². The average molecular weight is 386 g/mol. The molecule has 2 aromatic heterocycles. The fourth-order valence-corrected chi connectivity index (χ4v) is 3.66. The van der Waals surface area contributed by atoms with Crippen LogP contribution in [0.2, 0.25) is 0 Å². The SMILES string of the molecule is CCOCCn1nc(C)cc1C(=O)NC1CCCCN(Cc2ccccn2)C1. The minimum absolute atomic E-state index is 0.0539. The van der Waals surface area contributed by atoms with E-state index in [0.717, 1.165) is 50.3 Å². The van der Waals surface area contributed by atoms with Gasteiger partial charge in [-0.05, 0) is 51.4 Å². The molecular weight excluding hydrogens is 354 g/mol. The smallest absolute Gasteiger partial charge is 0.269 e. The van der Waals surface area contributed by atoms with E-state index in [1.807, 2.05) is 38.2 Å². The molecule has 3 heterocycles. The molecule has 7 nitrogen and oxygen atoms in total. The Hall–Kier alpha value is -2.25. The molecule has 3 rings (SSSR count). The number of carbonyl (C=O) groups is 1. The van der Waals surface area contributed by atoms with Gasteiger partial charge >= 0.3 is 0 Å². The van der Waals surface area contributed by atoms with Gasteiger partial charge in [-0.3, -0.25) is 19.4 Å². The normalized spacial score (nSPS) is 18.0. The third-order valence-electron chi connectivity index (χ3n) is 4.99. The Kier molecular flexibility index (Phi) is 7.56.